The van der Waals surface area contributed by atoms with Gasteiger partial charge in [-0.3, -0.25) is 15.1 Å². The van der Waals surface area contributed by atoms with Crippen molar-refractivity contribution in [1.82, 2.24) is 10.1 Å². The summed E-state index contributed by atoms with van der Waals surface area (Å²) in [5, 5.41) is 6.68. The Morgan fingerprint density at radius 3 is 2.90 bits per heavy atom. The average molecular weight is 285 g/mol. The highest BCUT2D eigenvalue weighted by atomic mass is 16.5. The van der Waals surface area contributed by atoms with Gasteiger partial charge in [-0.2, -0.15) is 0 Å². The molecule has 1 N–H and O–H groups in total. The summed E-state index contributed by atoms with van der Waals surface area (Å²) in [6, 6.07) is 7.28. The summed E-state index contributed by atoms with van der Waals surface area (Å²) in [5.41, 5.74) is 1.36. The molecule has 1 amide bonds. The second kappa shape index (κ2) is 6.52. The molecule has 0 aromatic carbocycles. The fourth-order valence-electron chi connectivity index (χ4n) is 2.80. The first kappa shape index (κ1) is 13.8. The minimum Gasteiger partial charge on any atom is -0.338 e. The van der Waals surface area contributed by atoms with E-state index in [1.807, 2.05) is 18.2 Å². The molecule has 3 rings (SSSR count). The molecule has 1 saturated carbocycles. The maximum atomic E-state index is 11.9. The highest BCUT2D eigenvalue weighted by Gasteiger charge is 2.17. The first-order valence-corrected chi connectivity index (χ1v) is 7.49. The first-order valence-electron chi connectivity index (χ1n) is 7.49. The van der Waals surface area contributed by atoms with E-state index in [2.05, 4.69) is 15.5 Å². The van der Waals surface area contributed by atoms with E-state index in [9.17, 15) is 4.79 Å². The molecule has 1 aliphatic rings. The summed E-state index contributed by atoms with van der Waals surface area (Å²) in [5.74, 6) is 1.09. The monoisotopic (exact) mass is 285 g/mol. The van der Waals surface area contributed by atoms with Gasteiger partial charge in [-0.1, -0.05) is 36.9 Å². The molecule has 0 spiro atoms. The fraction of sp³-hybridized carbons (Fsp3) is 0.438. The molecule has 0 aliphatic heterocycles. The van der Waals surface area contributed by atoms with Gasteiger partial charge in [0.15, 0.2) is 0 Å². The SMILES string of the molecule is O=C(CCC1CCCC1)Nc1cc(-c2ccccn2)no1. The van der Waals surface area contributed by atoms with Crippen LogP contribution in [0, 0.1) is 5.92 Å². The lowest BCUT2D eigenvalue weighted by Crippen LogP contribution is -2.12. The van der Waals surface area contributed by atoms with Crippen LogP contribution in [0.5, 0.6) is 0 Å². The van der Waals surface area contributed by atoms with E-state index >= 15 is 0 Å². The van der Waals surface area contributed by atoms with Gasteiger partial charge >= 0.3 is 0 Å². The number of anilines is 1. The van der Waals surface area contributed by atoms with Crippen LogP contribution in [0.15, 0.2) is 35.0 Å². The minimum atomic E-state index is -0.00868. The lowest BCUT2D eigenvalue weighted by atomic mass is 10.0. The summed E-state index contributed by atoms with van der Waals surface area (Å²) >= 11 is 0. The van der Waals surface area contributed by atoms with Crippen molar-refractivity contribution in [2.75, 3.05) is 5.32 Å². The number of hydrogen-bond donors (Lipinski definition) is 1. The van der Waals surface area contributed by atoms with E-state index in [1.54, 1.807) is 12.3 Å². The molecule has 2 aromatic rings. The maximum absolute atomic E-state index is 11.9. The Bertz CT molecular complexity index is 589. The number of rotatable bonds is 5. The molecule has 2 heterocycles. The molecule has 0 atom stereocenters. The summed E-state index contributed by atoms with van der Waals surface area (Å²) in [7, 11) is 0. The van der Waals surface area contributed by atoms with Crippen LogP contribution in [0.2, 0.25) is 0 Å². The highest BCUT2D eigenvalue weighted by molar-refractivity contribution is 5.89. The van der Waals surface area contributed by atoms with Crippen molar-refractivity contribution >= 4 is 11.8 Å². The number of carbonyl (C=O) groups is 1. The minimum absolute atomic E-state index is 0.00868. The Labute approximate surface area is 123 Å². The molecule has 5 nitrogen and oxygen atoms in total. The van der Waals surface area contributed by atoms with E-state index in [-0.39, 0.29) is 5.91 Å². The van der Waals surface area contributed by atoms with Gasteiger partial charge in [0.2, 0.25) is 11.8 Å². The summed E-state index contributed by atoms with van der Waals surface area (Å²) in [6.45, 7) is 0. The van der Waals surface area contributed by atoms with Crippen LogP contribution >= 0.6 is 0 Å². The number of hydrogen-bond acceptors (Lipinski definition) is 4. The first-order chi connectivity index (χ1) is 10.3. The third kappa shape index (κ3) is 3.68. The average Bonchev–Trinajstić information content (AvgIpc) is 3.17. The molecule has 0 unspecified atom stereocenters. The van der Waals surface area contributed by atoms with Crippen LogP contribution < -0.4 is 5.32 Å². The van der Waals surface area contributed by atoms with E-state index in [0.29, 0.717) is 18.0 Å². The molecule has 21 heavy (non-hydrogen) atoms. The Hall–Kier alpha value is -2.17. The topological polar surface area (TPSA) is 68.0 Å². The number of carbonyl (C=O) groups excluding carboxylic acids is 1. The van der Waals surface area contributed by atoms with Gasteiger partial charge in [-0.05, 0) is 24.5 Å². The lowest BCUT2D eigenvalue weighted by molar-refractivity contribution is -0.116. The van der Waals surface area contributed by atoms with Crippen LogP contribution in [0.25, 0.3) is 11.4 Å². The number of aromatic nitrogens is 2. The van der Waals surface area contributed by atoms with Crippen LogP contribution in [0.3, 0.4) is 0 Å². The smallest absolute Gasteiger partial charge is 0.231 e. The molecular formula is C16H19N3O2. The molecule has 1 fully saturated rings. The molecule has 0 saturated heterocycles. The zero-order chi connectivity index (χ0) is 14.5. The largest absolute Gasteiger partial charge is 0.338 e. The van der Waals surface area contributed by atoms with Gasteiger partial charge in [-0.15, -0.1) is 0 Å². The third-order valence-electron chi connectivity index (χ3n) is 3.95. The molecule has 110 valence electrons. The quantitative estimate of drug-likeness (QED) is 0.910. The van der Waals surface area contributed by atoms with Crippen molar-refractivity contribution in [2.24, 2.45) is 5.92 Å². The van der Waals surface area contributed by atoms with Crippen molar-refractivity contribution in [3.63, 3.8) is 0 Å². The zero-order valence-corrected chi connectivity index (χ0v) is 11.9. The van der Waals surface area contributed by atoms with Gasteiger partial charge in [0.05, 0.1) is 5.69 Å². The Balaban J connectivity index is 1.53. The Kier molecular flexibility index (Phi) is 4.28. The summed E-state index contributed by atoms with van der Waals surface area (Å²) in [4.78, 5) is 16.1. The van der Waals surface area contributed by atoms with E-state index < -0.39 is 0 Å². The van der Waals surface area contributed by atoms with Crippen molar-refractivity contribution < 1.29 is 9.32 Å². The summed E-state index contributed by atoms with van der Waals surface area (Å²) < 4.78 is 5.14. The number of nitrogens with zero attached hydrogens (tertiary/aromatic N) is 2. The van der Waals surface area contributed by atoms with Crippen LogP contribution in [-0.4, -0.2) is 16.0 Å². The van der Waals surface area contributed by atoms with E-state index in [1.165, 1.54) is 25.7 Å². The van der Waals surface area contributed by atoms with E-state index in [0.717, 1.165) is 18.0 Å². The predicted octanol–water partition coefficient (Wildman–Crippen LogP) is 3.65. The van der Waals surface area contributed by atoms with Crippen molar-refractivity contribution in [3.05, 3.63) is 30.5 Å². The van der Waals surface area contributed by atoms with Gasteiger partial charge in [0.25, 0.3) is 0 Å². The number of pyridine rings is 1. The molecule has 0 radical (unpaired) electrons. The van der Waals surface area contributed by atoms with Crippen LogP contribution in [-0.2, 0) is 4.79 Å². The van der Waals surface area contributed by atoms with Gasteiger partial charge in [0, 0.05) is 18.7 Å². The standard InChI is InChI=1S/C16H19N3O2/c20-15(9-8-12-5-1-2-6-12)18-16-11-14(19-21-16)13-7-3-4-10-17-13/h3-4,7,10-12H,1-2,5-6,8-9H2,(H,18,20). The van der Waals surface area contributed by atoms with Gasteiger partial charge < -0.3 is 4.52 Å². The Morgan fingerprint density at radius 1 is 1.29 bits per heavy atom. The van der Waals surface area contributed by atoms with Gasteiger partial charge in [-0.25, -0.2) is 0 Å². The lowest BCUT2D eigenvalue weighted by Gasteiger charge is -2.07. The second-order valence-corrected chi connectivity index (χ2v) is 5.53. The summed E-state index contributed by atoms with van der Waals surface area (Å²) in [6.07, 6.45) is 8.35. The van der Waals surface area contributed by atoms with E-state index in [4.69, 9.17) is 4.52 Å². The normalized spacial score (nSPS) is 15.2. The highest BCUT2D eigenvalue weighted by Crippen LogP contribution is 2.28. The van der Waals surface area contributed by atoms with Crippen molar-refractivity contribution in [2.45, 2.75) is 38.5 Å². The van der Waals surface area contributed by atoms with Crippen molar-refractivity contribution in [3.8, 4) is 11.4 Å². The second-order valence-electron chi connectivity index (χ2n) is 5.53. The zero-order valence-electron chi connectivity index (χ0n) is 11.9. The van der Waals surface area contributed by atoms with Crippen LogP contribution in [0.4, 0.5) is 5.88 Å². The predicted molar refractivity (Wildman–Crippen MR) is 79.6 cm³/mol. The third-order valence-corrected chi connectivity index (χ3v) is 3.95. The number of nitrogens with one attached hydrogen (secondary N) is 1. The maximum Gasteiger partial charge on any atom is 0.231 e. The molecule has 1 aliphatic carbocycles. The van der Waals surface area contributed by atoms with Gasteiger partial charge in [0.1, 0.15) is 5.69 Å². The van der Waals surface area contributed by atoms with Crippen molar-refractivity contribution in [1.29, 1.82) is 0 Å². The fourth-order valence-corrected chi connectivity index (χ4v) is 2.80. The molecule has 2 aromatic heterocycles. The Morgan fingerprint density at radius 2 is 2.14 bits per heavy atom. The molecule has 0 bridgehead atoms. The molecular weight excluding hydrogens is 266 g/mol. The molecule has 5 heteroatoms. The van der Waals surface area contributed by atoms with Crippen LogP contribution in [0.1, 0.15) is 38.5 Å². The number of amides is 1.